The molecule has 0 aliphatic carbocycles. The van der Waals surface area contributed by atoms with Crippen LogP contribution in [-0.4, -0.2) is 34.2 Å². The van der Waals surface area contributed by atoms with Crippen molar-refractivity contribution in [3.8, 4) is 16.9 Å². The second-order valence-electron chi connectivity index (χ2n) is 7.42. The minimum absolute atomic E-state index is 0.186. The first-order valence-electron chi connectivity index (χ1n) is 10.5. The van der Waals surface area contributed by atoms with Crippen LogP contribution in [-0.2, 0) is 14.3 Å². The smallest absolute Gasteiger partial charge is 0.342 e. The lowest BCUT2D eigenvalue weighted by Gasteiger charge is -2.08. The normalized spacial score (nSPS) is 10.4. The number of benzene rings is 3. The number of rotatable bonds is 7. The van der Waals surface area contributed by atoms with E-state index in [2.05, 4.69) is 15.7 Å². The molecule has 8 nitrogen and oxygen atoms in total. The highest BCUT2D eigenvalue weighted by Gasteiger charge is 2.21. The third-order valence-electron chi connectivity index (χ3n) is 4.83. The van der Waals surface area contributed by atoms with E-state index < -0.39 is 18.5 Å². The van der Waals surface area contributed by atoms with Crippen LogP contribution in [0.25, 0.3) is 16.9 Å². The third-order valence-corrected chi connectivity index (χ3v) is 4.83. The molecule has 0 unspecified atom stereocenters. The summed E-state index contributed by atoms with van der Waals surface area (Å²) in [6.45, 7) is 0.952. The molecule has 0 aliphatic rings. The van der Waals surface area contributed by atoms with Crippen molar-refractivity contribution in [2.45, 2.75) is 6.92 Å². The lowest BCUT2D eigenvalue weighted by atomic mass is 10.1. The Morgan fingerprint density at radius 1 is 0.824 bits per heavy atom. The number of aromatic nitrogens is 2. The average Bonchev–Trinajstić information content (AvgIpc) is 3.30. The van der Waals surface area contributed by atoms with Crippen molar-refractivity contribution in [3.63, 3.8) is 0 Å². The van der Waals surface area contributed by atoms with Crippen molar-refractivity contribution in [1.82, 2.24) is 9.78 Å². The molecular formula is C26H22N4O4. The predicted molar refractivity (Wildman–Crippen MR) is 129 cm³/mol. The van der Waals surface area contributed by atoms with E-state index in [1.807, 2.05) is 60.7 Å². The molecule has 2 N–H and O–H groups in total. The molecule has 170 valence electrons. The summed E-state index contributed by atoms with van der Waals surface area (Å²) in [5.74, 6) is -1.33. The van der Waals surface area contributed by atoms with Crippen LogP contribution < -0.4 is 10.6 Å². The van der Waals surface area contributed by atoms with Gasteiger partial charge in [-0.1, -0.05) is 48.5 Å². The minimum Gasteiger partial charge on any atom is -0.452 e. The van der Waals surface area contributed by atoms with Gasteiger partial charge in [0.1, 0.15) is 11.3 Å². The van der Waals surface area contributed by atoms with Gasteiger partial charge in [-0.3, -0.25) is 9.59 Å². The molecular weight excluding hydrogens is 432 g/mol. The van der Waals surface area contributed by atoms with Crippen LogP contribution in [0, 0.1) is 0 Å². The van der Waals surface area contributed by atoms with Gasteiger partial charge >= 0.3 is 5.97 Å². The van der Waals surface area contributed by atoms with Crippen molar-refractivity contribution >= 4 is 29.2 Å². The van der Waals surface area contributed by atoms with E-state index in [0.717, 1.165) is 11.3 Å². The lowest BCUT2D eigenvalue weighted by molar-refractivity contribution is -0.119. The fraction of sp³-hybridized carbons (Fsp3) is 0.0769. The number of anilines is 2. The molecule has 3 aromatic carbocycles. The van der Waals surface area contributed by atoms with E-state index in [4.69, 9.17) is 4.74 Å². The van der Waals surface area contributed by atoms with Gasteiger partial charge in [-0.15, -0.1) is 0 Å². The van der Waals surface area contributed by atoms with E-state index in [1.165, 1.54) is 6.92 Å². The summed E-state index contributed by atoms with van der Waals surface area (Å²) >= 11 is 0. The van der Waals surface area contributed by atoms with Crippen LogP contribution in [0.15, 0.2) is 91.1 Å². The molecule has 4 aromatic rings. The van der Waals surface area contributed by atoms with E-state index in [1.54, 1.807) is 35.1 Å². The van der Waals surface area contributed by atoms with Gasteiger partial charge in [0, 0.05) is 30.1 Å². The Kier molecular flexibility index (Phi) is 6.78. The van der Waals surface area contributed by atoms with Crippen LogP contribution in [0.1, 0.15) is 17.3 Å². The largest absolute Gasteiger partial charge is 0.452 e. The summed E-state index contributed by atoms with van der Waals surface area (Å²) < 4.78 is 6.90. The van der Waals surface area contributed by atoms with Crippen LogP contribution in [0.4, 0.5) is 11.4 Å². The highest BCUT2D eigenvalue weighted by Crippen LogP contribution is 2.24. The van der Waals surface area contributed by atoms with E-state index in [0.29, 0.717) is 17.1 Å². The van der Waals surface area contributed by atoms with Gasteiger partial charge in [0.25, 0.3) is 5.91 Å². The highest BCUT2D eigenvalue weighted by atomic mass is 16.5. The monoisotopic (exact) mass is 454 g/mol. The van der Waals surface area contributed by atoms with Gasteiger partial charge in [-0.2, -0.15) is 5.10 Å². The Balaban J connectivity index is 1.46. The Hall–Kier alpha value is -4.72. The zero-order valence-corrected chi connectivity index (χ0v) is 18.4. The molecule has 0 atom stereocenters. The minimum atomic E-state index is -0.655. The summed E-state index contributed by atoms with van der Waals surface area (Å²) in [6.07, 6.45) is 1.60. The van der Waals surface area contributed by atoms with E-state index >= 15 is 0 Å². The summed E-state index contributed by atoms with van der Waals surface area (Å²) in [5, 5.41) is 9.88. The molecule has 1 aromatic heterocycles. The first kappa shape index (κ1) is 22.5. The molecule has 0 bridgehead atoms. The maximum Gasteiger partial charge on any atom is 0.342 e. The summed E-state index contributed by atoms with van der Waals surface area (Å²) in [6, 6.07) is 25.3. The summed E-state index contributed by atoms with van der Waals surface area (Å²) in [5.41, 5.74) is 3.38. The second-order valence-corrected chi connectivity index (χ2v) is 7.42. The summed E-state index contributed by atoms with van der Waals surface area (Å²) in [4.78, 5) is 36.3. The SMILES string of the molecule is CC(=O)Nc1ccc(NC(=O)COC(=O)c2cn(-c3ccccc3)nc2-c2ccccc2)cc1. The Morgan fingerprint density at radius 3 is 2.03 bits per heavy atom. The van der Waals surface area contributed by atoms with Crippen LogP contribution in [0.3, 0.4) is 0 Å². The molecule has 8 heteroatoms. The number of para-hydroxylation sites is 1. The number of amides is 2. The number of nitrogens with zero attached hydrogens (tertiary/aromatic N) is 2. The fourth-order valence-electron chi connectivity index (χ4n) is 3.29. The molecule has 0 radical (unpaired) electrons. The van der Waals surface area contributed by atoms with Crippen molar-refractivity contribution in [2.24, 2.45) is 0 Å². The van der Waals surface area contributed by atoms with Crippen LogP contribution >= 0.6 is 0 Å². The quantitative estimate of drug-likeness (QED) is 0.406. The zero-order valence-electron chi connectivity index (χ0n) is 18.4. The van der Waals surface area contributed by atoms with Gasteiger partial charge in [0.05, 0.1) is 5.69 Å². The number of esters is 1. The molecule has 0 spiro atoms. The number of nitrogens with one attached hydrogen (secondary N) is 2. The van der Waals surface area contributed by atoms with Gasteiger partial charge in [-0.25, -0.2) is 9.48 Å². The second kappa shape index (κ2) is 10.3. The average molecular weight is 454 g/mol. The van der Waals surface area contributed by atoms with Gasteiger partial charge in [0.15, 0.2) is 6.61 Å². The topological polar surface area (TPSA) is 102 Å². The van der Waals surface area contributed by atoms with Gasteiger partial charge in [0.2, 0.25) is 5.91 Å². The van der Waals surface area contributed by atoms with Crippen molar-refractivity contribution in [1.29, 1.82) is 0 Å². The fourth-order valence-corrected chi connectivity index (χ4v) is 3.29. The zero-order chi connectivity index (χ0) is 23.9. The van der Waals surface area contributed by atoms with Crippen LogP contribution in [0.2, 0.25) is 0 Å². The molecule has 0 saturated carbocycles. The van der Waals surface area contributed by atoms with Gasteiger partial charge in [-0.05, 0) is 36.4 Å². The van der Waals surface area contributed by atoms with Crippen molar-refractivity contribution < 1.29 is 19.1 Å². The maximum atomic E-state index is 12.9. The molecule has 1 heterocycles. The maximum absolute atomic E-state index is 12.9. The van der Waals surface area contributed by atoms with Crippen molar-refractivity contribution in [3.05, 3.63) is 96.7 Å². The number of ether oxygens (including phenoxy) is 1. The number of hydrogen-bond donors (Lipinski definition) is 2. The van der Waals surface area contributed by atoms with Crippen LogP contribution in [0.5, 0.6) is 0 Å². The molecule has 2 amide bonds. The molecule has 4 rings (SSSR count). The first-order chi connectivity index (χ1) is 16.5. The first-order valence-corrected chi connectivity index (χ1v) is 10.5. The third kappa shape index (κ3) is 5.55. The van der Waals surface area contributed by atoms with E-state index in [-0.39, 0.29) is 11.5 Å². The predicted octanol–water partition coefficient (Wildman–Crippen LogP) is 4.29. The molecule has 0 saturated heterocycles. The Labute approximate surface area is 196 Å². The lowest BCUT2D eigenvalue weighted by Crippen LogP contribution is -2.21. The Bertz CT molecular complexity index is 1300. The van der Waals surface area contributed by atoms with Crippen molar-refractivity contribution in [2.75, 3.05) is 17.2 Å². The number of carbonyl (C=O) groups excluding carboxylic acids is 3. The number of hydrogen-bond acceptors (Lipinski definition) is 5. The number of carbonyl (C=O) groups is 3. The van der Waals surface area contributed by atoms with Gasteiger partial charge < -0.3 is 15.4 Å². The summed E-state index contributed by atoms with van der Waals surface area (Å²) in [7, 11) is 0. The molecule has 0 fully saturated rings. The van der Waals surface area contributed by atoms with E-state index in [9.17, 15) is 14.4 Å². The standard InChI is InChI=1S/C26H22N4O4/c1-18(31)27-20-12-14-21(15-13-20)28-24(32)17-34-26(33)23-16-30(22-10-6-3-7-11-22)29-25(23)19-8-4-2-5-9-19/h2-16H,17H2,1H3,(H,27,31)(H,28,32). The highest BCUT2D eigenvalue weighted by molar-refractivity contribution is 5.99. The molecule has 0 aliphatic heterocycles. The Morgan fingerprint density at radius 2 is 1.41 bits per heavy atom. The molecule has 34 heavy (non-hydrogen) atoms.